The lowest BCUT2D eigenvalue weighted by molar-refractivity contribution is 0.328. The molecule has 1 aliphatic carbocycles. The van der Waals surface area contributed by atoms with Crippen molar-refractivity contribution in [2.75, 3.05) is 0 Å². The molecule has 0 amide bonds. The van der Waals surface area contributed by atoms with Crippen LogP contribution in [0.5, 0.6) is 5.75 Å². The first-order valence-corrected chi connectivity index (χ1v) is 6.99. The van der Waals surface area contributed by atoms with Gasteiger partial charge in [-0.3, -0.25) is 0 Å². The lowest BCUT2D eigenvalue weighted by Crippen LogP contribution is -2.30. The summed E-state index contributed by atoms with van der Waals surface area (Å²) in [5.74, 6) is 0.792. The minimum Gasteiger partial charge on any atom is -0.440 e. The van der Waals surface area contributed by atoms with Crippen LogP contribution in [-0.4, -0.2) is 0 Å². The number of hydrogen-bond acceptors (Lipinski definition) is 5. The molecule has 1 aromatic heterocycles. The van der Waals surface area contributed by atoms with Gasteiger partial charge in [0.25, 0.3) is 0 Å². The maximum atomic E-state index is 12.3. The van der Waals surface area contributed by atoms with Gasteiger partial charge < -0.3 is 14.9 Å². The van der Waals surface area contributed by atoms with Gasteiger partial charge in [-0.1, -0.05) is 12.2 Å². The molecule has 0 saturated heterocycles. The molecule has 0 saturated carbocycles. The van der Waals surface area contributed by atoms with Crippen molar-refractivity contribution in [3.05, 3.63) is 51.4 Å². The first-order valence-electron chi connectivity index (χ1n) is 6.99. The summed E-state index contributed by atoms with van der Waals surface area (Å²) in [6.45, 7) is 1.68. The normalized spacial score (nSPS) is 24.2. The Morgan fingerprint density at radius 3 is 2.90 bits per heavy atom. The van der Waals surface area contributed by atoms with E-state index in [1.807, 2.05) is 0 Å². The van der Waals surface area contributed by atoms with Crippen molar-refractivity contribution in [3.8, 4) is 11.8 Å². The van der Waals surface area contributed by atoms with Crippen LogP contribution in [0, 0.1) is 24.2 Å². The highest BCUT2D eigenvalue weighted by atomic mass is 16.5. The molecule has 3 rings (SSSR count). The molecule has 0 unspecified atom stereocenters. The van der Waals surface area contributed by atoms with E-state index in [0.29, 0.717) is 22.6 Å². The highest BCUT2D eigenvalue weighted by molar-refractivity contribution is 5.49. The Hall–Kier alpha value is -2.48. The third kappa shape index (κ3) is 2.23. The van der Waals surface area contributed by atoms with E-state index in [-0.39, 0.29) is 17.7 Å². The number of nitrogens with two attached hydrogens (primary N) is 1. The Morgan fingerprint density at radius 2 is 2.24 bits per heavy atom. The molecule has 0 radical (unpaired) electrons. The van der Waals surface area contributed by atoms with E-state index in [0.717, 1.165) is 19.3 Å². The summed E-state index contributed by atoms with van der Waals surface area (Å²) in [6, 6.07) is 3.76. The standard InChI is InChI=1S/C16H16N2O3/c1-9-7-12-14(16(19)20-9)13(10-5-3-2-4-6-10)11(8-17)15(18)21-12/h2-3,7,10,13H,4-6,18H2,1H3/t10-,13+/m0/s1. The van der Waals surface area contributed by atoms with Crippen molar-refractivity contribution in [2.45, 2.75) is 32.1 Å². The molecule has 1 aliphatic heterocycles. The molecule has 2 heterocycles. The molecule has 108 valence electrons. The highest BCUT2D eigenvalue weighted by Gasteiger charge is 2.37. The quantitative estimate of drug-likeness (QED) is 0.800. The van der Waals surface area contributed by atoms with Crippen molar-refractivity contribution < 1.29 is 9.15 Å². The second kappa shape index (κ2) is 5.13. The summed E-state index contributed by atoms with van der Waals surface area (Å²) >= 11 is 0. The van der Waals surface area contributed by atoms with Crippen LogP contribution in [0.2, 0.25) is 0 Å². The number of rotatable bonds is 1. The zero-order chi connectivity index (χ0) is 15.0. The molecule has 0 spiro atoms. The van der Waals surface area contributed by atoms with Gasteiger partial charge in [-0.15, -0.1) is 0 Å². The van der Waals surface area contributed by atoms with E-state index < -0.39 is 5.63 Å². The van der Waals surface area contributed by atoms with Gasteiger partial charge in [0.1, 0.15) is 17.6 Å². The van der Waals surface area contributed by atoms with E-state index in [1.54, 1.807) is 13.0 Å². The van der Waals surface area contributed by atoms with E-state index >= 15 is 0 Å². The van der Waals surface area contributed by atoms with Gasteiger partial charge >= 0.3 is 5.63 Å². The molecule has 2 N–H and O–H groups in total. The van der Waals surface area contributed by atoms with Gasteiger partial charge in [-0.05, 0) is 32.1 Å². The fourth-order valence-corrected chi connectivity index (χ4v) is 3.15. The van der Waals surface area contributed by atoms with Crippen LogP contribution in [0.15, 0.2) is 38.9 Å². The van der Waals surface area contributed by atoms with Crippen LogP contribution >= 0.6 is 0 Å². The van der Waals surface area contributed by atoms with Crippen molar-refractivity contribution in [1.29, 1.82) is 5.26 Å². The number of nitrogens with zero attached hydrogens (tertiary/aromatic N) is 1. The maximum Gasteiger partial charge on any atom is 0.343 e. The lowest BCUT2D eigenvalue weighted by Gasteiger charge is -2.31. The van der Waals surface area contributed by atoms with Gasteiger partial charge in [0.05, 0.1) is 11.1 Å². The van der Waals surface area contributed by atoms with Gasteiger partial charge in [0.2, 0.25) is 5.88 Å². The van der Waals surface area contributed by atoms with Crippen LogP contribution < -0.4 is 16.1 Å². The van der Waals surface area contributed by atoms with Crippen molar-refractivity contribution in [3.63, 3.8) is 0 Å². The minimum atomic E-state index is -0.440. The fourth-order valence-electron chi connectivity index (χ4n) is 3.15. The maximum absolute atomic E-state index is 12.3. The topological polar surface area (TPSA) is 89.2 Å². The Morgan fingerprint density at radius 1 is 1.43 bits per heavy atom. The molecule has 0 fully saturated rings. The van der Waals surface area contributed by atoms with Gasteiger partial charge in [-0.2, -0.15) is 5.26 Å². The summed E-state index contributed by atoms with van der Waals surface area (Å²) in [7, 11) is 0. The van der Waals surface area contributed by atoms with Crippen molar-refractivity contribution in [2.24, 2.45) is 11.7 Å². The van der Waals surface area contributed by atoms with E-state index in [2.05, 4.69) is 18.2 Å². The van der Waals surface area contributed by atoms with E-state index in [4.69, 9.17) is 14.9 Å². The highest BCUT2D eigenvalue weighted by Crippen LogP contribution is 2.44. The molecule has 1 aromatic rings. The second-order valence-electron chi connectivity index (χ2n) is 5.44. The number of fused-ring (bicyclic) bond motifs is 1. The fraction of sp³-hybridized carbons (Fsp3) is 0.375. The number of nitriles is 1. The SMILES string of the molecule is Cc1cc2c(c(=O)o1)[C@H]([C@H]1CC=CCC1)C(C#N)=C(N)O2. The number of hydrogen-bond donors (Lipinski definition) is 1. The predicted octanol–water partition coefficient (Wildman–Crippen LogP) is 2.47. The molecule has 2 aliphatic rings. The third-order valence-electron chi connectivity index (χ3n) is 4.08. The van der Waals surface area contributed by atoms with Crippen LogP contribution in [0.3, 0.4) is 0 Å². The molecule has 5 nitrogen and oxygen atoms in total. The largest absolute Gasteiger partial charge is 0.440 e. The average Bonchev–Trinajstić information content (AvgIpc) is 2.46. The van der Waals surface area contributed by atoms with E-state index in [1.165, 1.54) is 0 Å². The first-order chi connectivity index (χ1) is 10.1. The van der Waals surface area contributed by atoms with Gasteiger partial charge in [0.15, 0.2) is 0 Å². The molecular weight excluding hydrogens is 268 g/mol. The molecule has 0 bridgehead atoms. The summed E-state index contributed by atoms with van der Waals surface area (Å²) in [5, 5.41) is 9.42. The van der Waals surface area contributed by atoms with Crippen molar-refractivity contribution >= 4 is 0 Å². The molecule has 2 atom stereocenters. The van der Waals surface area contributed by atoms with Crippen LogP contribution in [0.4, 0.5) is 0 Å². The number of ether oxygens (including phenoxy) is 1. The van der Waals surface area contributed by atoms with E-state index in [9.17, 15) is 10.1 Å². The zero-order valence-corrected chi connectivity index (χ0v) is 11.8. The van der Waals surface area contributed by atoms with Gasteiger partial charge in [-0.25, -0.2) is 4.79 Å². The first kappa shape index (κ1) is 13.5. The van der Waals surface area contributed by atoms with Crippen molar-refractivity contribution in [1.82, 2.24) is 0 Å². The molecule has 5 heteroatoms. The number of aryl methyl sites for hydroxylation is 1. The van der Waals surface area contributed by atoms with Crippen LogP contribution in [-0.2, 0) is 0 Å². The summed E-state index contributed by atoms with van der Waals surface area (Å²) in [4.78, 5) is 12.3. The Labute approximate surface area is 122 Å². The number of allylic oxidation sites excluding steroid dienone is 3. The third-order valence-corrected chi connectivity index (χ3v) is 4.08. The minimum absolute atomic E-state index is 0.0922. The lowest BCUT2D eigenvalue weighted by atomic mass is 9.75. The Balaban J connectivity index is 2.18. The van der Waals surface area contributed by atoms with Gasteiger partial charge in [0, 0.05) is 12.0 Å². The Kier molecular flexibility index (Phi) is 3.30. The summed E-state index contributed by atoms with van der Waals surface area (Å²) in [6.07, 6.45) is 6.87. The predicted molar refractivity (Wildman–Crippen MR) is 76.4 cm³/mol. The average molecular weight is 284 g/mol. The molecule has 21 heavy (non-hydrogen) atoms. The Bertz CT molecular complexity index is 737. The monoisotopic (exact) mass is 284 g/mol. The van der Waals surface area contributed by atoms with Crippen LogP contribution in [0.1, 0.15) is 36.5 Å². The zero-order valence-electron chi connectivity index (χ0n) is 11.8. The second-order valence-corrected chi connectivity index (χ2v) is 5.44. The molecular formula is C16H16N2O3. The summed E-state index contributed by atoms with van der Waals surface area (Å²) in [5.41, 5.74) is 6.20. The van der Waals surface area contributed by atoms with Crippen LogP contribution in [0.25, 0.3) is 0 Å². The summed E-state index contributed by atoms with van der Waals surface area (Å²) < 4.78 is 10.7. The molecule has 0 aromatic carbocycles. The smallest absolute Gasteiger partial charge is 0.343 e.